The van der Waals surface area contributed by atoms with E-state index in [0.29, 0.717) is 11.1 Å². The fourth-order valence-corrected chi connectivity index (χ4v) is 1.82. The van der Waals surface area contributed by atoms with Gasteiger partial charge < -0.3 is 10.5 Å². The average Bonchev–Trinajstić information content (AvgIpc) is 2.45. The van der Waals surface area contributed by atoms with Gasteiger partial charge in [0.05, 0.1) is 5.56 Å². The molecule has 0 saturated carbocycles. The number of rotatable bonds is 4. The molecule has 112 valence electrons. The van der Waals surface area contributed by atoms with Crippen molar-refractivity contribution in [3.63, 3.8) is 0 Å². The van der Waals surface area contributed by atoms with Crippen molar-refractivity contribution in [3.05, 3.63) is 65.0 Å². The van der Waals surface area contributed by atoms with Crippen LogP contribution in [0.4, 0.5) is 17.6 Å². The summed E-state index contributed by atoms with van der Waals surface area (Å²) in [5, 5.41) is 0. The van der Waals surface area contributed by atoms with E-state index in [1.165, 1.54) is 24.3 Å². The highest BCUT2D eigenvalue weighted by Crippen LogP contribution is 2.29. The van der Waals surface area contributed by atoms with E-state index < -0.39 is 17.6 Å². The van der Waals surface area contributed by atoms with Crippen LogP contribution in [0.25, 0.3) is 0 Å². The molecule has 2 rings (SSSR count). The SMILES string of the molecule is NCc1cccc(F)c1OCc1ccc(C(F)(F)F)cc1. The van der Waals surface area contributed by atoms with Crippen molar-refractivity contribution >= 4 is 0 Å². The molecule has 0 atom stereocenters. The number of ether oxygens (including phenoxy) is 1. The topological polar surface area (TPSA) is 35.2 Å². The number of benzene rings is 2. The highest BCUT2D eigenvalue weighted by molar-refractivity contribution is 5.35. The second kappa shape index (κ2) is 6.13. The summed E-state index contributed by atoms with van der Waals surface area (Å²) in [5.41, 5.74) is 5.76. The minimum absolute atomic E-state index is 0.0277. The van der Waals surface area contributed by atoms with Gasteiger partial charge in [0.15, 0.2) is 11.6 Å². The first-order valence-electron chi connectivity index (χ1n) is 6.18. The Balaban J connectivity index is 2.10. The Hall–Kier alpha value is -2.08. The lowest BCUT2D eigenvalue weighted by Crippen LogP contribution is -2.06. The van der Waals surface area contributed by atoms with E-state index in [4.69, 9.17) is 10.5 Å². The molecule has 0 radical (unpaired) electrons. The van der Waals surface area contributed by atoms with Gasteiger partial charge in [-0.3, -0.25) is 0 Å². The molecule has 2 aromatic rings. The molecule has 21 heavy (non-hydrogen) atoms. The van der Waals surface area contributed by atoms with Crippen LogP contribution in [0.3, 0.4) is 0 Å². The van der Waals surface area contributed by atoms with Crippen LogP contribution in [0.15, 0.2) is 42.5 Å². The van der Waals surface area contributed by atoms with Gasteiger partial charge in [-0.05, 0) is 23.8 Å². The van der Waals surface area contributed by atoms with Gasteiger partial charge in [0, 0.05) is 12.1 Å². The molecular weight excluding hydrogens is 286 g/mol. The van der Waals surface area contributed by atoms with Crippen LogP contribution in [-0.4, -0.2) is 0 Å². The van der Waals surface area contributed by atoms with E-state index in [1.807, 2.05) is 0 Å². The van der Waals surface area contributed by atoms with Crippen LogP contribution in [0, 0.1) is 5.82 Å². The Bertz CT molecular complexity index is 608. The normalized spacial score (nSPS) is 11.5. The van der Waals surface area contributed by atoms with Gasteiger partial charge >= 0.3 is 6.18 Å². The zero-order valence-corrected chi connectivity index (χ0v) is 11.0. The number of hydrogen-bond donors (Lipinski definition) is 1. The van der Waals surface area contributed by atoms with Crippen molar-refractivity contribution in [2.75, 3.05) is 0 Å². The molecule has 0 spiro atoms. The van der Waals surface area contributed by atoms with E-state index in [0.717, 1.165) is 12.1 Å². The quantitative estimate of drug-likeness (QED) is 0.870. The number of hydrogen-bond acceptors (Lipinski definition) is 2. The number of alkyl halides is 3. The standard InChI is InChI=1S/C15H13F4NO/c16-13-3-1-2-11(8-20)14(13)21-9-10-4-6-12(7-5-10)15(17,18)19/h1-7H,8-9,20H2. The molecule has 0 unspecified atom stereocenters. The lowest BCUT2D eigenvalue weighted by Gasteiger charge is -2.12. The molecule has 0 aliphatic carbocycles. The van der Waals surface area contributed by atoms with Gasteiger partial charge in [-0.1, -0.05) is 24.3 Å². The van der Waals surface area contributed by atoms with Crippen molar-refractivity contribution in [3.8, 4) is 5.75 Å². The van der Waals surface area contributed by atoms with Crippen LogP contribution >= 0.6 is 0 Å². The van der Waals surface area contributed by atoms with Gasteiger partial charge in [-0.2, -0.15) is 13.2 Å². The predicted octanol–water partition coefficient (Wildman–Crippen LogP) is 3.88. The number of nitrogens with two attached hydrogens (primary N) is 1. The van der Waals surface area contributed by atoms with E-state index in [1.54, 1.807) is 6.07 Å². The summed E-state index contributed by atoms with van der Waals surface area (Å²) in [6.45, 7) is 0.0756. The third kappa shape index (κ3) is 3.72. The Morgan fingerprint density at radius 2 is 1.67 bits per heavy atom. The summed E-state index contributed by atoms with van der Waals surface area (Å²) in [5.74, 6) is -0.523. The molecule has 0 aliphatic heterocycles. The lowest BCUT2D eigenvalue weighted by atomic mass is 10.1. The first-order valence-corrected chi connectivity index (χ1v) is 6.18. The molecule has 6 heteroatoms. The van der Waals surface area contributed by atoms with Crippen LogP contribution < -0.4 is 10.5 Å². The first kappa shape index (κ1) is 15.3. The maximum absolute atomic E-state index is 13.6. The average molecular weight is 299 g/mol. The monoisotopic (exact) mass is 299 g/mol. The fraction of sp³-hybridized carbons (Fsp3) is 0.200. The number of para-hydroxylation sites is 1. The molecule has 2 nitrogen and oxygen atoms in total. The summed E-state index contributed by atoms with van der Waals surface area (Å²) >= 11 is 0. The molecule has 0 aliphatic rings. The Morgan fingerprint density at radius 3 is 2.24 bits per heavy atom. The van der Waals surface area contributed by atoms with E-state index in [2.05, 4.69) is 0 Å². The summed E-state index contributed by atoms with van der Waals surface area (Å²) < 4.78 is 56.2. The van der Waals surface area contributed by atoms with Gasteiger partial charge in [0.2, 0.25) is 0 Å². The van der Waals surface area contributed by atoms with Gasteiger partial charge in [-0.25, -0.2) is 4.39 Å². The fourth-order valence-electron chi connectivity index (χ4n) is 1.82. The molecule has 0 aromatic heterocycles. The van der Waals surface area contributed by atoms with Crippen molar-refractivity contribution in [2.24, 2.45) is 5.73 Å². The molecule has 2 aromatic carbocycles. The molecule has 0 saturated heterocycles. The van der Waals surface area contributed by atoms with Crippen molar-refractivity contribution < 1.29 is 22.3 Å². The van der Waals surface area contributed by atoms with Crippen molar-refractivity contribution in [1.82, 2.24) is 0 Å². The summed E-state index contributed by atoms with van der Waals surface area (Å²) in [6, 6.07) is 8.90. The molecule has 0 amide bonds. The summed E-state index contributed by atoms with van der Waals surface area (Å²) in [6.07, 6.45) is -4.38. The van der Waals surface area contributed by atoms with Crippen LogP contribution in [0.1, 0.15) is 16.7 Å². The largest absolute Gasteiger partial charge is 0.485 e. The highest BCUT2D eigenvalue weighted by atomic mass is 19.4. The third-order valence-corrected chi connectivity index (χ3v) is 2.93. The second-order valence-electron chi connectivity index (χ2n) is 4.42. The Kier molecular flexibility index (Phi) is 4.47. The maximum Gasteiger partial charge on any atom is 0.416 e. The van der Waals surface area contributed by atoms with Crippen LogP contribution in [0.2, 0.25) is 0 Å². The molecule has 0 bridgehead atoms. The minimum atomic E-state index is -4.38. The smallest absolute Gasteiger partial charge is 0.416 e. The van der Waals surface area contributed by atoms with Gasteiger partial charge in [0.25, 0.3) is 0 Å². The predicted molar refractivity (Wildman–Crippen MR) is 70.1 cm³/mol. The van der Waals surface area contributed by atoms with Gasteiger partial charge in [0.1, 0.15) is 6.61 Å². The number of halogens is 4. The Labute approximate surface area is 119 Å². The maximum atomic E-state index is 13.6. The molecule has 2 N–H and O–H groups in total. The van der Waals surface area contributed by atoms with E-state index in [9.17, 15) is 17.6 Å². The second-order valence-corrected chi connectivity index (χ2v) is 4.42. The highest BCUT2D eigenvalue weighted by Gasteiger charge is 2.29. The van der Waals surface area contributed by atoms with E-state index >= 15 is 0 Å². The van der Waals surface area contributed by atoms with Crippen molar-refractivity contribution in [2.45, 2.75) is 19.3 Å². The first-order chi connectivity index (χ1) is 9.91. The zero-order valence-electron chi connectivity index (χ0n) is 11.0. The van der Waals surface area contributed by atoms with E-state index in [-0.39, 0.29) is 18.9 Å². The molecule has 0 heterocycles. The van der Waals surface area contributed by atoms with Crippen LogP contribution in [-0.2, 0) is 19.3 Å². The molecule has 0 fully saturated rings. The Morgan fingerprint density at radius 1 is 1.00 bits per heavy atom. The summed E-state index contributed by atoms with van der Waals surface area (Å²) in [7, 11) is 0. The summed E-state index contributed by atoms with van der Waals surface area (Å²) in [4.78, 5) is 0. The minimum Gasteiger partial charge on any atom is -0.485 e. The lowest BCUT2D eigenvalue weighted by molar-refractivity contribution is -0.137. The van der Waals surface area contributed by atoms with Crippen LogP contribution in [0.5, 0.6) is 5.75 Å². The third-order valence-electron chi connectivity index (χ3n) is 2.93. The zero-order chi connectivity index (χ0) is 15.5. The van der Waals surface area contributed by atoms with Crippen molar-refractivity contribution in [1.29, 1.82) is 0 Å². The molecular formula is C15H13F4NO. The van der Waals surface area contributed by atoms with Gasteiger partial charge in [-0.15, -0.1) is 0 Å².